The van der Waals surface area contributed by atoms with Gasteiger partial charge in [-0.05, 0) is 12.5 Å². The summed E-state index contributed by atoms with van der Waals surface area (Å²) in [5, 5.41) is 12.2. The van der Waals surface area contributed by atoms with Crippen LogP contribution in [0.25, 0.3) is 0 Å². The summed E-state index contributed by atoms with van der Waals surface area (Å²) in [4.78, 5) is 14.2. The highest BCUT2D eigenvalue weighted by atomic mass is 16.5. The van der Waals surface area contributed by atoms with E-state index in [0.717, 1.165) is 12.1 Å². The fourth-order valence-corrected chi connectivity index (χ4v) is 3.05. The van der Waals surface area contributed by atoms with Gasteiger partial charge in [0.25, 0.3) is 0 Å². The maximum absolute atomic E-state index is 12.3. The van der Waals surface area contributed by atoms with E-state index >= 15 is 0 Å². The molecule has 0 aliphatic carbocycles. The molecule has 4 rings (SSSR count). The number of carbonyl (C=O) groups is 1. The standard InChI is InChI=1S/C13H16N6O2/c20-13(8-18-4-1-3-15-18)17-5-2-11-12(7-17)21-9-10-6-14-16-19(10)11/h1,3-4,6,11-12H,2,5,7-9H2/t11-,12-/m0/s1. The van der Waals surface area contributed by atoms with Crippen LogP contribution in [0.2, 0.25) is 0 Å². The number of ether oxygens (including phenoxy) is 1. The predicted molar refractivity (Wildman–Crippen MR) is 71.1 cm³/mol. The minimum absolute atomic E-state index is 0.00507. The maximum Gasteiger partial charge on any atom is 0.244 e. The average molecular weight is 288 g/mol. The Balaban J connectivity index is 1.45. The van der Waals surface area contributed by atoms with E-state index in [-0.39, 0.29) is 24.6 Å². The number of likely N-dealkylation sites (tertiary alicyclic amines) is 1. The Kier molecular flexibility index (Phi) is 2.95. The van der Waals surface area contributed by atoms with E-state index in [2.05, 4.69) is 15.4 Å². The number of piperidine rings is 1. The number of hydrogen-bond acceptors (Lipinski definition) is 5. The molecule has 110 valence electrons. The fourth-order valence-electron chi connectivity index (χ4n) is 3.05. The highest BCUT2D eigenvalue weighted by Crippen LogP contribution is 2.30. The van der Waals surface area contributed by atoms with Crippen LogP contribution in [0.1, 0.15) is 18.2 Å². The molecular weight excluding hydrogens is 272 g/mol. The summed E-state index contributed by atoms with van der Waals surface area (Å²) in [6.45, 7) is 2.10. The molecule has 0 unspecified atom stereocenters. The second-order valence-electron chi connectivity index (χ2n) is 5.42. The molecule has 2 aliphatic heterocycles. The Hall–Kier alpha value is -2.22. The third-order valence-corrected chi connectivity index (χ3v) is 4.14. The van der Waals surface area contributed by atoms with Crippen molar-refractivity contribution in [3.05, 3.63) is 30.4 Å². The Morgan fingerprint density at radius 2 is 2.43 bits per heavy atom. The smallest absolute Gasteiger partial charge is 0.244 e. The lowest BCUT2D eigenvalue weighted by Crippen LogP contribution is -2.51. The van der Waals surface area contributed by atoms with Crippen LogP contribution in [-0.4, -0.2) is 54.8 Å². The minimum atomic E-state index is -0.00507. The van der Waals surface area contributed by atoms with Crippen molar-refractivity contribution in [1.82, 2.24) is 29.7 Å². The van der Waals surface area contributed by atoms with E-state index in [9.17, 15) is 4.79 Å². The molecule has 1 amide bonds. The van der Waals surface area contributed by atoms with Crippen molar-refractivity contribution >= 4 is 5.91 Å². The van der Waals surface area contributed by atoms with Crippen molar-refractivity contribution in [3.8, 4) is 0 Å². The lowest BCUT2D eigenvalue weighted by Gasteiger charge is -2.40. The zero-order chi connectivity index (χ0) is 14.2. The van der Waals surface area contributed by atoms with E-state index in [1.807, 2.05) is 15.6 Å². The zero-order valence-corrected chi connectivity index (χ0v) is 11.5. The van der Waals surface area contributed by atoms with Crippen LogP contribution in [0, 0.1) is 0 Å². The zero-order valence-electron chi connectivity index (χ0n) is 11.5. The van der Waals surface area contributed by atoms with Crippen LogP contribution in [0.4, 0.5) is 0 Å². The molecule has 21 heavy (non-hydrogen) atoms. The first-order chi connectivity index (χ1) is 10.3. The normalized spacial score (nSPS) is 24.5. The fraction of sp³-hybridized carbons (Fsp3) is 0.538. The molecule has 4 heterocycles. The first-order valence-corrected chi connectivity index (χ1v) is 7.07. The van der Waals surface area contributed by atoms with Gasteiger partial charge >= 0.3 is 0 Å². The summed E-state index contributed by atoms with van der Waals surface area (Å²) in [5.41, 5.74) is 1.01. The monoisotopic (exact) mass is 288 g/mol. The SMILES string of the molecule is O=C(Cn1cccn1)N1CC[C@H]2[C@H](C1)OCc1cnnn12. The largest absolute Gasteiger partial charge is 0.368 e. The quantitative estimate of drug-likeness (QED) is 0.768. The van der Waals surface area contributed by atoms with Crippen LogP contribution < -0.4 is 0 Å². The molecule has 8 heteroatoms. The molecule has 2 aliphatic rings. The summed E-state index contributed by atoms with van der Waals surface area (Å²) in [6, 6.07) is 2.00. The molecule has 0 saturated carbocycles. The molecule has 1 saturated heterocycles. The predicted octanol–water partition coefficient (Wildman–Crippen LogP) is -0.153. The molecule has 0 radical (unpaired) electrons. The van der Waals surface area contributed by atoms with Gasteiger partial charge in [0.15, 0.2) is 0 Å². The molecule has 2 aromatic heterocycles. The number of hydrogen-bond donors (Lipinski definition) is 0. The first-order valence-electron chi connectivity index (χ1n) is 7.07. The van der Waals surface area contributed by atoms with Crippen molar-refractivity contribution in [2.24, 2.45) is 0 Å². The van der Waals surface area contributed by atoms with E-state index < -0.39 is 0 Å². The third-order valence-electron chi connectivity index (χ3n) is 4.14. The molecule has 2 atom stereocenters. The van der Waals surface area contributed by atoms with Gasteiger partial charge in [-0.25, -0.2) is 4.68 Å². The summed E-state index contributed by atoms with van der Waals surface area (Å²) in [6.07, 6.45) is 6.05. The summed E-state index contributed by atoms with van der Waals surface area (Å²) >= 11 is 0. The lowest BCUT2D eigenvalue weighted by molar-refractivity contribution is -0.140. The third kappa shape index (κ3) is 2.21. The molecule has 0 spiro atoms. The van der Waals surface area contributed by atoms with Crippen molar-refractivity contribution in [2.75, 3.05) is 13.1 Å². The molecule has 2 aromatic rings. The van der Waals surface area contributed by atoms with Crippen molar-refractivity contribution < 1.29 is 9.53 Å². The molecule has 8 nitrogen and oxygen atoms in total. The number of fused-ring (bicyclic) bond motifs is 3. The lowest BCUT2D eigenvalue weighted by atomic mass is 10.00. The van der Waals surface area contributed by atoms with E-state index in [1.165, 1.54) is 0 Å². The minimum Gasteiger partial charge on any atom is -0.368 e. The highest BCUT2D eigenvalue weighted by Gasteiger charge is 2.37. The Morgan fingerprint density at radius 1 is 1.48 bits per heavy atom. The second-order valence-corrected chi connectivity index (χ2v) is 5.42. The number of amides is 1. The van der Waals surface area contributed by atoms with Gasteiger partial charge in [0.2, 0.25) is 5.91 Å². The van der Waals surface area contributed by atoms with Gasteiger partial charge in [-0.1, -0.05) is 5.21 Å². The number of rotatable bonds is 2. The van der Waals surface area contributed by atoms with Crippen LogP contribution >= 0.6 is 0 Å². The van der Waals surface area contributed by atoms with Gasteiger partial charge in [0.05, 0.1) is 30.6 Å². The summed E-state index contributed by atoms with van der Waals surface area (Å²) < 4.78 is 9.46. The van der Waals surface area contributed by atoms with Gasteiger partial charge in [-0.15, -0.1) is 5.10 Å². The maximum atomic E-state index is 12.3. The topological polar surface area (TPSA) is 78.1 Å². The number of nitrogens with zero attached hydrogens (tertiary/aromatic N) is 6. The van der Waals surface area contributed by atoms with Gasteiger partial charge < -0.3 is 9.64 Å². The molecule has 1 fully saturated rings. The van der Waals surface area contributed by atoms with Crippen molar-refractivity contribution in [2.45, 2.75) is 31.7 Å². The average Bonchev–Trinajstić information content (AvgIpc) is 3.17. The van der Waals surface area contributed by atoms with Crippen molar-refractivity contribution in [3.63, 3.8) is 0 Å². The Labute approximate surface area is 121 Å². The molecule has 0 aromatic carbocycles. The molecular formula is C13H16N6O2. The van der Waals surface area contributed by atoms with Gasteiger partial charge in [0, 0.05) is 25.5 Å². The van der Waals surface area contributed by atoms with E-state index in [1.54, 1.807) is 23.3 Å². The van der Waals surface area contributed by atoms with Gasteiger partial charge in [-0.2, -0.15) is 5.10 Å². The van der Waals surface area contributed by atoms with Crippen LogP contribution in [0.3, 0.4) is 0 Å². The van der Waals surface area contributed by atoms with E-state index in [0.29, 0.717) is 19.7 Å². The number of aromatic nitrogens is 5. The van der Waals surface area contributed by atoms with Crippen LogP contribution in [0.5, 0.6) is 0 Å². The highest BCUT2D eigenvalue weighted by molar-refractivity contribution is 5.76. The molecule has 0 N–H and O–H groups in total. The van der Waals surface area contributed by atoms with Gasteiger partial charge in [-0.3, -0.25) is 9.48 Å². The second kappa shape index (κ2) is 4.96. The van der Waals surface area contributed by atoms with Gasteiger partial charge in [0.1, 0.15) is 6.54 Å². The summed E-state index contributed by atoms with van der Waals surface area (Å²) in [7, 11) is 0. The Bertz CT molecular complexity index is 637. The van der Waals surface area contributed by atoms with Crippen LogP contribution in [0.15, 0.2) is 24.7 Å². The van der Waals surface area contributed by atoms with E-state index in [4.69, 9.17) is 4.74 Å². The number of carbonyl (C=O) groups excluding carboxylic acids is 1. The summed E-state index contributed by atoms with van der Waals surface area (Å²) in [5.74, 6) is 0.0742. The van der Waals surface area contributed by atoms with Crippen LogP contribution in [-0.2, 0) is 22.7 Å². The van der Waals surface area contributed by atoms with Crippen molar-refractivity contribution in [1.29, 1.82) is 0 Å². The Morgan fingerprint density at radius 3 is 3.29 bits per heavy atom. The first kappa shape index (κ1) is 12.5. The molecule has 0 bridgehead atoms.